The molecule has 3 nitrogen and oxygen atoms in total. The van der Waals surface area contributed by atoms with Crippen molar-refractivity contribution in [1.29, 1.82) is 0 Å². The monoisotopic (exact) mass is 268 g/mol. The first kappa shape index (κ1) is 13.2. The van der Waals surface area contributed by atoms with E-state index >= 15 is 0 Å². The molecule has 1 aromatic carbocycles. The van der Waals surface area contributed by atoms with E-state index in [2.05, 4.69) is 0 Å². The van der Waals surface area contributed by atoms with Crippen LogP contribution in [0.3, 0.4) is 0 Å². The van der Waals surface area contributed by atoms with E-state index in [0.717, 1.165) is 18.4 Å². The van der Waals surface area contributed by atoms with Crippen molar-refractivity contribution in [3.63, 3.8) is 0 Å². The van der Waals surface area contributed by atoms with Crippen molar-refractivity contribution >= 4 is 17.6 Å². The highest BCUT2D eigenvalue weighted by Gasteiger charge is 2.42. The summed E-state index contributed by atoms with van der Waals surface area (Å²) in [6, 6.07) is 5.37. The van der Waals surface area contributed by atoms with Crippen molar-refractivity contribution in [2.45, 2.75) is 32.6 Å². The Balaban J connectivity index is 2.08. The Morgan fingerprint density at radius 1 is 1.44 bits per heavy atom. The van der Waals surface area contributed by atoms with Gasteiger partial charge in [-0.15, -0.1) is 0 Å². The molecular weight excluding hydrogens is 252 g/mol. The van der Waals surface area contributed by atoms with Gasteiger partial charge in [-0.3, -0.25) is 4.79 Å². The van der Waals surface area contributed by atoms with Gasteiger partial charge in [0.2, 0.25) is 0 Å². The second-order valence-corrected chi connectivity index (χ2v) is 5.43. The number of rotatable bonds is 4. The van der Waals surface area contributed by atoms with Crippen molar-refractivity contribution < 1.29 is 14.6 Å². The lowest BCUT2D eigenvalue weighted by Gasteiger charge is -2.24. The molecule has 0 spiro atoms. The molecule has 0 aliphatic heterocycles. The Morgan fingerprint density at radius 2 is 2.11 bits per heavy atom. The number of carboxylic acid groups (broad SMARTS) is 1. The maximum atomic E-state index is 11.4. The van der Waals surface area contributed by atoms with E-state index in [1.54, 1.807) is 12.1 Å². The number of hydrogen-bond donors (Lipinski definition) is 1. The maximum Gasteiger partial charge on any atom is 0.313 e. The predicted octanol–water partition coefficient (Wildman–Crippen LogP) is 3.67. The van der Waals surface area contributed by atoms with Gasteiger partial charge in [-0.25, -0.2) is 0 Å². The molecule has 0 radical (unpaired) electrons. The number of carboxylic acids is 1. The standard InChI is InChI=1S/C14H17ClO3/c1-10-8-11(15)4-5-12(10)18-9-14(13(16)17)6-2-3-7-14/h4-5,8H,2-3,6-7,9H2,1H3,(H,16,17). The average molecular weight is 269 g/mol. The van der Waals surface area contributed by atoms with Crippen LogP contribution in [0.4, 0.5) is 0 Å². The number of hydrogen-bond acceptors (Lipinski definition) is 2. The first-order valence-corrected chi connectivity index (χ1v) is 6.54. The summed E-state index contributed by atoms with van der Waals surface area (Å²) in [7, 11) is 0. The molecule has 0 unspecified atom stereocenters. The van der Waals surface area contributed by atoms with Gasteiger partial charge in [0.05, 0.1) is 0 Å². The summed E-state index contributed by atoms with van der Waals surface area (Å²) >= 11 is 5.87. The minimum absolute atomic E-state index is 0.241. The van der Waals surface area contributed by atoms with Crippen LogP contribution in [0, 0.1) is 12.3 Å². The summed E-state index contributed by atoms with van der Waals surface area (Å²) in [6.45, 7) is 2.15. The Labute approximate surface area is 112 Å². The summed E-state index contributed by atoms with van der Waals surface area (Å²) < 4.78 is 5.70. The zero-order valence-electron chi connectivity index (χ0n) is 10.4. The van der Waals surface area contributed by atoms with Crippen molar-refractivity contribution in [1.82, 2.24) is 0 Å². The lowest BCUT2D eigenvalue weighted by atomic mass is 9.87. The summed E-state index contributed by atoms with van der Waals surface area (Å²) in [6.07, 6.45) is 3.34. The molecule has 0 atom stereocenters. The molecule has 1 N–H and O–H groups in total. The summed E-state index contributed by atoms with van der Waals surface area (Å²) in [5, 5.41) is 10.0. The normalized spacial score (nSPS) is 17.7. The van der Waals surface area contributed by atoms with Crippen LogP contribution in [0.1, 0.15) is 31.2 Å². The first-order valence-electron chi connectivity index (χ1n) is 6.16. The van der Waals surface area contributed by atoms with Gasteiger partial charge in [0, 0.05) is 5.02 Å². The number of ether oxygens (including phenoxy) is 1. The number of halogens is 1. The van der Waals surface area contributed by atoms with Crippen LogP contribution in [-0.2, 0) is 4.79 Å². The molecular formula is C14H17ClO3. The topological polar surface area (TPSA) is 46.5 Å². The molecule has 0 bridgehead atoms. The molecule has 18 heavy (non-hydrogen) atoms. The van der Waals surface area contributed by atoms with Gasteiger partial charge in [-0.1, -0.05) is 24.4 Å². The van der Waals surface area contributed by atoms with Crippen molar-refractivity contribution in [2.75, 3.05) is 6.61 Å². The molecule has 0 heterocycles. The lowest BCUT2D eigenvalue weighted by molar-refractivity contribution is -0.150. The fraction of sp³-hybridized carbons (Fsp3) is 0.500. The first-order chi connectivity index (χ1) is 8.53. The average Bonchev–Trinajstić information content (AvgIpc) is 2.78. The minimum atomic E-state index is -0.744. The van der Waals surface area contributed by atoms with E-state index in [1.165, 1.54) is 0 Å². The second-order valence-electron chi connectivity index (χ2n) is 4.99. The quantitative estimate of drug-likeness (QED) is 0.906. The van der Waals surface area contributed by atoms with Gasteiger partial charge >= 0.3 is 5.97 Å². The van der Waals surface area contributed by atoms with E-state index < -0.39 is 11.4 Å². The second kappa shape index (κ2) is 5.19. The fourth-order valence-corrected chi connectivity index (χ4v) is 2.69. The molecule has 2 rings (SSSR count). The van der Waals surface area contributed by atoms with Gasteiger partial charge in [0.1, 0.15) is 17.8 Å². The molecule has 1 saturated carbocycles. The van der Waals surface area contributed by atoms with Gasteiger partial charge in [-0.05, 0) is 43.5 Å². The fourth-order valence-electron chi connectivity index (χ4n) is 2.46. The number of aliphatic carboxylic acids is 1. The Morgan fingerprint density at radius 3 is 2.67 bits per heavy atom. The summed E-state index contributed by atoms with van der Waals surface area (Å²) in [4.78, 5) is 11.4. The van der Waals surface area contributed by atoms with Crippen molar-refractivity contribution in [2.24, 2.45) is 5.41 Å². The smallest absolute Gasteiger partial charge is 0.313 e. The largest absolute Gasteiger partial charge is 0.492 e. The lowest BCUT2D eigenvalue weighted by Crippen LogP contribution is -2.34. The van der Waals surface area contributed by atoms with Gasteiger partial charge in [-0.2, -0.15) is 0 Å². The van der Waals surface area contributed by atoms with Crippen LogP contribution >= 0.6 is 11.6 Å². The van der Waals surface area contributed by atoms with Gasteiger partial charge in [0.15, 0.2) is 0 Å². The van der Waals surface area contributed by atoms with E-state index in [1.807, 2.05) is 13.0 Å². The van der Waals surface area contributed by atoms with Crippen LogP contribution in [0.5, 0.6) is 5.75 Å². The van der Waals surface area contributed by atoms with Crippen molar-refractivity contribution in [3.8, 4) is 5.75 Å². The molecule has 98 valence electrons. The summed E-state index contributed by atoms with van der Waals surface area (Å²) in [5.74, 6) is -0.0291. The van der Waals surface area contributed by atoms with Crippen LogP contribution in [0.25, 0.3) is 0 Å². The zero-order chi connectivity index (χ0) is 13.2. The van der Waals surface area contributed by atoms with Crippen LogP contribution in [0.15, 0.2) is 18.2 Å². The highest BCUT2D eigenvalue weighted by molar-refractivity contribution is 6.30. The van der Waals surface area contributed by atoms with Crippen LogP contribution < -0.4 is 4.74 Å². The Kier molecular flexibility index (Phi) is 3.81. The molecule has 1 aromatic rings. The van der Waals surface area contributed by atoms with E-state index in [4.69, 9.17) is 16.3 Å². The van der Waals surface area contributed by atoms with Crippen LogP contribution in [-0.4, -0.2) is 17.7 Å². The molecule has 4 heteroatoms. The zero-order valence-corrected chi connectivity index (χ0v) is 11.2. The van der Waals surface area contributed by atoms with Gasteiger partial charge in [0.25, 0.3) is 0 Å². The third kappa shape index (κ3) is 2.61. The third-order valence-corrected chi connectivity index (χ3v) is 3.89. The Bertz CT molecular complexity index is 450. The SMILES string of the molecule is Cc1cc(Cl)ccc1OCC1(C(=O)O)CCCC1. The molecule has 1 aliphatic carbocycles. The third-order valence-electron chi connectivity index (χ3n) is 3.66. The summed E-state index contributed by atoms with van der Waals surface area (Å²) in [5.41, 5.74) is 0.229. The van der Waals surface area contributed by atoms with E-state index in [9.17, 15) is 9.90 Å². The number of carbonyl (C=O) groups is 1. The van der Waals surface area contributed by atoms with Gasteiger partial charge < -0.3 is 9.84 Å². The highest BCUT2D eigenvalue weighted by atomic mass is 35.5. The Hall–Kier alpha value is -1.22. The number of benzene rings is 1. The molecule has 0 saturated heterocycles. The van der Waals surface area contributed by atoms with E-state index in [0.29, 0.717) is 23.6 Å². The molecule has 1 fully saturated rings. The highest BCUT2D eigenvalue weighted by Crippen LogP contribution is 2.39. The van der Waals surface area contributed by atoms with E-state index in [-0.39, 0.29) is 6.61 Å². The maximum absolute atomic E-state index is 11.4. The minimum Gasteiger partial charge on any atom is -0.492 e. The molecule has 0 amide bonds. The number of aryl methyl sites for hydroxylation is 1. The molecule has 1 aliphatic rings. The van der Waals surface area contributed by atoms with Crippen LogP contribution in [0.2, 0.25) is 5.02 Å². The predicted molar refractivity (Wildman–Crippen MR) is 70.2 cm³/mol. The van der Waals surface area contributed by atoms with Crippen molar-refractivity contribution in [3.05, 3.63) is 28.8 Å². The molecule has 0 aromatic heterocycles.